The highest BCUT2D eigenvalue weighted by Gasteiger charge is 2.15. The molecule has 0 spiro atoms. The van der Waals surface area contributed by atoms with Crippen molar-refractivity contribution in [2.45, 2.75) is 11.3 Å². The number of benzene rings is 3. The SMILES string of the molecule is COC(=O)c1ccccc1SC(=O)OCCC=C(c1ccccc1)c1ccccc1. The van der Waals surface area contributed by atoms with Gasteiger partial charge >= 0.3 is 11.3 Å². The molecule has 5 heteroatoms. The third-order valence-corrected chi connectivity index (χ3v) is 5.20. The first-order valence-electron chi connectivity index (χ1n) is 9.52. The first-order chi connectivity index (χ1) is 14.7. The van der Waals surface area contributed by atoms with Gasteiger partial charge in [0.2, 0.25) is 0 Å². The molecule has 0 atom stereocenters. The minimum absolute atomic E-state index is 0.245. The summed E-state index contributed by atoms with van der Waals surface area (Å²) in [5.74, 6) is -0.482. The predicted molar refractivity (Wildman–Crippen MR) is 120 cm³/mol. The quantitative estimate of drug-likeness (QED) is 0.259. The molecule has 152 valence electrons. The standard InChI is InChI=1S/C25H22O4S/c1-28-24(26)22-15-8-9-17-23(22)30-25(27)29-18-10-16-21(19-11-4-2-5-12-19)20-13-6-3-7-14-20/h2-9,11-17H,10,18H2,1H3. The van der Waals surface area contributed by atoms with Gasteiger partial charge in [0.15, 0.2) is 0 Å². The average Bonchev–Trinajstić information content (AvgIpc) is 2.80. The molecular formula is C25H22O4S. The van der Waals surface area contributed by atoms with Crippen LogP contribution in [0.4, 0.5) is 4.79 Å². The van der Waals surface area contributed by atoms with Crippen LogP contribution in [-0.4, -0.2) is 25.0 Å². The predicted octanol–water partition coefficient (Wildman–Crippen LogP) is 6.22. The number of carbonyl (C=O) groups excluding carboxylic acids is 2. The fourth-order valence-corrected chi connectivity index (χ4v) is 3.67. The number of esters is 1. The van der Waals surface area contributed by atoms with Gasteiger partial charge in [-0.15, -0.1) is 0 Å². The van der Waals surface area contributed by atoms with Gasteiger partial charge < -0.3 is 9.47 Å². The molecule has 3 rings (SSSR count). The maximum atomic E-state index is 12.2. The van der Waals surface area contributed by atoms with E-state index in [4.69, 9.17) is 9.47 Å². The molecule has 3 aromatic rings. The number of carbonyl (C=O) groups is 2. The normalized spacial score (nSPS) is 10.2. The zero-order valence-electron chi connectivity index (χ0n) is 16.6. The van der Waals surface area contributed by atoms with Gasteiger partial charge in [0.25, 0.3) is 0 Å². The van der Waals surface area contributed by atoms with Crippen molar-refractivity contribution in [2.75, 3.05) is 13.7 Å². The summed E-state index contributed by atoms with van der Waals surface area (Å²) < 4.78 is 10.1. The first-order valence-corrected chi connectivity index (χ1v) is 10.3. The topological polar surface area (TPSA) is 52.6 Å². The fraction of sp³-hybridized carbons (Fsp3) is 0.120. The second-order valence-corrected chi connectivity index (χ2v) is 7.30. The highest BCUT2D eigenvalue weighted by atomic mass is 32.2. The van der Waals surface area contributed by atoms with E-state index in [0.29, 0.717) is 16.9 Å². The molecule has 4 nitrogen and oxygen atoms in total. The Morgan fingerprint density at radius 1 is 0.833 bits per heavy atom. The Bertz CT molecular complexity index is 972. The van der Waals surface area contributed by atoms with E-state index in [-0.39, 0.29) is 6.61 Å². The summed E-state index contributed by atoms with van der Waals surface area (Å²) in [6.45, 7) is 0.245. The van der Waals surface area contributed by atoms with Gasteiger partial charge in [0, 0.05) is 11.3 Å². The van der Waals surface area contributed by atoms with Crippen LogP contribution in [0.2, 0.25) is 0 Å². The van der Waals surface area contributed by atoms with Gasteiger partial charge in [-0.25, -0.2) is 9.59 Å². The third kappa shape index (κ3) is 5.84. The third-order valence-electron chi connectivity index (χ3n) is 4.34. The molecule has 0 radical (unpaired) electrons. The van der Waals surface area contributed by atoms with Crippen LogP contribution in [0.5, 0.6) is 0 Å². The Kier molecular flexibility index (Phi) is 7.86. The molecule has 0 fully saturated rings. The van der Waals surface area contributed by atoms with Gasteiger partial charge in [0.1, 0.15) is 0 Å². The number of thioether (sulfide) groups is 1. The minimum Gasteiger partial charge on any atom is -0.465 e. The van der Waals surface area contributed by atoms with Crippen molar-refractivity contribution in [3.8, 4) is 0 Å². The van der Waals surface area contributed by atoms with Gasteiger partial charge in [0.05, 0.1) is 19.3 Å². The largest absolute Gasteiger partial charge is 0.465 e. The van der Waals surface area contributed by atoms with Crippen molar-refractivity contribution < 1.29 is 19.1 Å². The lowest BCUT2D eigenvalue weighted by Gasteiger charge is -2.09. The monoisotopic (exact) mass is 418 g/mol. The van der Waals surface area contributed by atoms with E-state index in [9.17, 15) is 9.59 Å². The van der Waals surface area contributed by atoms with E-state index in [1.165, 1.54) is 7.11 Å². The molecule has 0 saturated carbocycles. The minimum atomic E-state index is -0.482. The first kappa shape index (κ1) is 21.4. The molecule has 0 bridgehead atoms. The molecule has 0 unspecified atom stereocenters. The Hall–Kier alpha value is -3.31. The maximum Gasteiger partial charge on any atom is 0.372 e. The second-order valence-electron chi connectivity index (χ2n) is 6.33. The van der Waals surface area contributed by atoms with Crippen molar-refractivity contribution in [1.82, 2.24) is 0 Å². The van der Waals surface area contributed by atoms with E-state index in [2.05, 4.69) is 30.3 Å². The lowest BCUT2D eigenvalue weighted by molar-refractivity contribution is 0.0597. The van der Waals surface area contributed by atoms with Crippen LogP contribution in [-0.2, 0) is 9.47 Å². The van der Waals surface area contributed by atoms with E-state index < -0.39 is 11.3 Å². The Labute approximate surface area is 180 Å². The summed E-state index contributed by atoms with van der Waals surface area (Å²) in [5, 5.41) is -0.458. The summed E-state index contributed by atoms with van der Waals surface area (Å²) in [7, 11) is 1.31. The van der Waals surface area contributed by atoms with E-state index in [0.717, 1.165) is 28.5 Å². The van der Waals surface area contributed by atoms with Gasteiger partial charge in [-0.1, -0.05) is 78.9 Å². The van der Waals surface area contributed by atoms with Crippen LogP contribution in [0.1, 0.15) is 27.9 Å². The molecule has 0 aliphatic carbocycles. The van der Waals surface area contributed by atoms with Crippen LogP contribution in [0.3, 0.4) is 0 Å². The molecule has 0 amide bonds. The van der Waals surface area contributed by atoms with Gasteiger partial charge in [-0.05, 0) is 40.6 Å². The van der Waals surface area contributed by atoms with Crippen molar-refractivity contribution in [3.05, 3.63) is 108 Å². The van der Waals surface area contributed by atoms with Crippen molar-refractivity contribution >= 4 is 28.6 Å². The number of rotatable bonds is 7. The highest BCUT2D eigenvalue weighted by molar-refractivity contribution is 8.13. The molecule has 0 N–H and O–H groups in total. The van der Waals surface area contributed by atoms with Crippen LogP contribution in [0.25, 0.3) is 5.57 Å². The smallest absolute Gasteiger partial charge is 0.372 e. The number of hydrogen-bond donors (Lipinski definition) is 0. The lowest BCUT2D eigenvalue weighted by Crippen LogP contribution is -2.05. The molecule has 30 heavy (non-hydrogen) atoms. The number of methoxy groups -OCH3 is 1. The summed E-state index contributed by atoms with van der Waals surface area (Å²) in [5.41, 5.74) is 3.65. The van der Waals surface area contributed by atoms with Crippen molar-refractivity contribution in [3.63, 3.8) is 0 Å². The average molecular weight is 419 g/mol. The lowest BCUT2D eigenvalue weighted by atomic mass is 9.97. The van der Waals surface area contributed by atoms with Crippen molar-refractivity contribution in [1.29, 1.82) is 0 Å². The van der Waals surface area contributed by atoms with Gasteiger partial charge in [-0.2, -0.15) is 0 Å². The van der Waals surface area contributed by atoms with Crippen LogP contribution in [0.15, 0.2) is 95.9 Å². The van der Waals surface area contributed by atoms with Gasteiger partial charge in [-0.3, -0.25) is 0 Å². The van der Waals surface area contributed by atoms with Crippen LogP contribution in [0, 0.1) is 0 Å². The van der Waals surface area contributed by atoms with Crippen LogP contribution >= 0.6 is 11.8 Å². The number of hydrogen-bond acceptors (Lipinski definition) is 5. The number of ether oxygens (including phenoxy) is 2. The maximum absolute atomic E-state index is 12.2. The zero-order chi connectivity index (χ0) is 21.2. The van der Waals surface area contributed by atoms with Crippen molar-refractivity contribution in [2.24, 2.45) is 0 Å². The summed E-state index contributed by atoms with van der Waals surface area (Å²) in [4.78, 5) is 24.6. The molecule has 0 aromatic heterocycles. The van der Waals surface area contributed by atoms with Crippen LogP contribution < -0.4 is 0 Å². The molecular weight excluding hydrogens is 396 g/mol. The van der Waals surface area contributed by atoms with E-state index in [1.807, 2.05) is 36.4 Å². The van der Waals surface area contributed by atoms with E-state index in [1.54, 1.807) is 24.3 Å². The Balaban J connectivity index is 1.63. The molecule has 0 aliphatic heterocycles. The Morgan fingerprint density at radius 2 is 1.40 bits per heavy atom. The molecule has 0 aliphatic rings. The molecule has 0 saturated heterocycles. The summed E-state index contributed by atoms with van der Waals surface area (Å²) in [6.07, 6.45) is 2.65. The zero-order valence-corrected chi connectivity index (χ0v) is 17.4. The molecule has 0 heterocycles. The summed E-state index contributed by atoms with van der Waals surface area (Å²) in [6, 6.07) is 27.0. The van der Waals surface area contributed by atoms with E-state index >= 15 is 0 Å². The second kappa shape index (κ2) is 11.0. The molecule has 3 aromatic carbocycles. The fourth-order valence-electron chi connectivity index (χ4n) is 2.94. The highest BCUT2D eigenvalue weighted by Crippen LogP contribution is 2.26. The summed E-state index contributed by atoms with van der Waals surface area (Å²) >= 11 is 0.883. The Morgan fingerprint density at radius 3 is 2.00 bits per heavy atom.